The van der Waals surface area contributed by atoms with E-state index in [2.05, 4.69) is 6.08 Å². The molecule has 0 bridgehead atoms. The molecular weight excluding hydrogens is 256 g/mol. The number of rotatable bonds is 2. The summed E-state index contributed by atoms with van der Waals surface area (Å²) in [5.74, 6) is -3.44. The zero-order valence-electron chi connectivity index (χ0n) is 10.9. The quantitative estimate of drug-likeness (QED) is 0.809. The van der Waals surface area contributed by atoms with Crippen molar-refractivity contribution in [2.24, 2.45) is 23.7 Å². The fourth-order valence-electron chi connectivity index (χ4n) is 3.65. The van der Waals surface area contributed by atoms with Crippen molar-refractivity contribution in [3.8, 4) is 0 Å². The van der Waals surface area contributed by atoms with Crippen LogP contribution < -0.4 is 0 Å². The fourth-order valence-corrected chi connectivity index (χ4v) is 3.65. The second-order valence-electron chi connectivity index (χ2n) is 5.55. The maximum Gasteiger partial charge on any atom is 0.311 e. The van der Waals surface area contributed by atoms with E-state index in [1.54, 1.807) is 0 Å². The molecule has 3 aliphatic rings. The van der Waals surface area contributed by atoms with Gasteiger partial charge in [-0.05, 0) is 24.3 Å². The van der Waals surface area contributed by atoms with Gasteiger partial charge in [-0.1, -0.05) is 42.0 Å². The Hall–Kier alpha value is -2.10. The SMILES string of the molecule is O=C(O)C1CCC2C(=CC=C3C=CC=CC32)C1C(=O)O. The lowest BCUT2D eigenvalue weighted by molar-refractivity contribution is -0.154. The lowest BCUT2D eigenvalue weighted by Gasteiger charge is -2.40. The second-order valence-corrected chi connectivity index (χ2v) is 5.55. The molecule has 0 amide bonds. The molecule has 0 radical (unpaired) electrons. The molecule has 0 saturated heterocycles. The number of carbonyl (C=O) groups is 2. The molecule has 3 rings (SSSR count). The van der Waals surface area contributed by atoms with Crippen molar-refractivity contribution >= 4 is 11.9 Å². The maximum absolute atomic E-state index is 11.5. The first kappa shape index (κ1) is 12.9. The van der Waals surface area contributed by atoms with Gasteiger partial charge in [0.1, 0.15) is 0 Å². The van der Waals surface area contributed by atoms with Crippen LogP contribution in [0, 0.1) is 23.7 Å². The Morgan fingerprint density at radius 2 is 1.85 bits per heavy atom. The van der Waals surface area contributed by atoms with E-state index in [1.807, 2.05) is 30.4 Å². The Labute approximate surface area is 116 Å². The first-order valence-electron chi connectivity index (χ1n) is 6.81. The molecule has 0 aromatic rings. The summed E-state index contributed by atoms with van der Waals surface area (Å²) in [7, 11) is 0. The molecule has 4 heteroatoms. The van der Waals surface area contributed by atoms with E-state index in [-0.39, 0.29) is 11.8 Å². The highest BCUT2D eigenvalue weighted by molar-refractivity contribution is 5.83. The molecule has 1 fully saturated rings. The summed E-state index contributed by atoms with van der Waals surface area (Å²) in [5, 5.41) is 18.7. The maximum atomic E-state index is 11.5. The lowest BCUT2D eigenvalue weighted by Crippen LogP contribution is -2.40. The fraction of sp³-hybridized carbons (Fsp3) is 0.375. The summed E-state index contributed by atoms with van der Waals surface area (Å²) in [6.45, 7) is 0. The third kappa shape index (κ3) is 1.92. The van der Waals surface area contributed by atoms with Crippen molar-refractivity contribution in [1.82, 2.24) is 0 Å². The molecule has 3 aliphatic carbocycles. The summed E-state index contributed by atoms with van der Waals surface area (Å²) < 4.78 is 0. The first-order chi connectivity index (χ1) is 9.59. The van der Waals surface area contributed by atoms with Crippen molar-refractivity contribution in [1.29, 1.82) is 0 Å². The molecule has 0 heterocycles. The molecule has 0 aromatic heterocycles. The van der Waals surface area contributed by atoms with E-state index >= 15 is 0 Å². The highest BCUT2D eigenvalue weighted by Crippen LogP contribution is 2.47. The average Bonchev–Trinajstić information content (AvgIpc) is 2.45. The summed E-state index contributed by atoms with van der Waals surface area (Å²) in [4.78, 5) is 22.8. The topological polar surface area (TPSA) is 74.6 Å². The van der Waals surface area contributed by atoms with Gasteiger partial charge in [0.05, 0.1) is 11.8 Å². The molecule has 20 heavy (non-hydrogen) atoms. The third-order valence-electron chi connectivity index (χ3n) is 4.57. The Balaban J connectivity index is 2.02. The number of carboxylic acids is 2. The van der Waals surface area contributed by atoms with Crippen molar-refractivity contribution < 1.29 is 19.8 Å². The molecule has 0 aromatic carbocycles. The van der Waals surface area contributed by atoms with Crippen LogP contribution in [0.3, 0.4) is 0 Å². The molecular formula is C16H16O4. The van der Waals surface area contributed by atoms with Crippen LogP contribution >= 0.6 is 0 Å². The van der Waals surface area contributed by atoms with Crippen LogP contribution in [0.25, 0.3) is 0 Å². The summed E-state index contributed by atoms with van der Waals surface area (Å²) in [5.41, 5.74) is 1.95. The Bertz CT molecular complexity index is 579. The highest BCUT2D eigenvalue weighted by atomic mass is 16.4. The minimum atomic E-state index is -1.03. The average molecular weight is 272 g/mol. The van der Waals surface area contributed by atoms with Crippen LogP contribution in [-0.4, -0.2) is 22.2 Å². The zero-order valence-corrected chi connectivity index (χ0v) is 10.9. The van der Waals surface area contributed by atoms with Gasteiger partial charge in [-0.25, -0.2) is 0 Å². The monoisotopic (exact) mass is 272 g/mol. The van der Waals surface area contributed by atoms with Gasteiger partial charge in [-0.2, -0.15) is 0 Å². The highest BCUT2D eigenvalue weighted by Gasteiger charge is 2.45. The number of allylic oxidation sites excluding steroid dienone is 7. The van der Waals surface area contributed by atoms with Crippen LogP contribution in [0.1, 0.15) is 12.8 Å². The number of hydrogen-bond acceptors (Lipinski definition) is 2. The number of fused-ring (bicyclic) bond motifs is 3. The molecule has 4 atom stereocenters. The predicted octanol–water partition coefficient (Wildman–Crippen LogP) is 2.41. The lowest BCUT2D eigenvalue weighted by atomic mass is 9.62. The first-order valence-corrected chi connectivity index (χ1v) is 6.81. The van der Waals surface area contributed by atoms with E-state index in [1.165, 1.54) is 5.57 Å². The van der Waals surface area contributed by atoms with Crippen molar-refractivity contribution in [3.05, 3.63) is 47.6 Å². The molecule has 4 unspecified atom stereocenters. The summed E-state index contributed by atoms with van der Waals surface area (Å²) in [6.07, 6.45) is 13.0. The molecule has 2 N–H and O–H groups in total. The molecule has 104 valence electrons. The van der Waals surface area contributed by atoms with Crippen LogP contribution in [-0.2, 0) is 9.59 Å². The number of aliphatic carboxylic acids is 2. The van der Waals surface area contributed by atoms with Gasteiger partial charge < -0.3 is 10.2 Å². The standard InChI is InChI=1S/C16H16O4/c17-15(18)13-8-7-11-10-4-2-1-3-9(10)5-6-12(11)14(13)16(19)20/h1-6,10-11,13-14H,7-8H2,(H,17,18)(H,19,20). The van der Waals surface area contributed by atoms with Crippen LogP contribution in [0.5, 0.6) is 0 Å². The smallest absolute Gasteiger partial charge is 0.311 e. The molecule has 1 saturated carbocycles. The normalized spacial score (nSPS) is 34.6. The molecule has 4 nitrogen and oxygen atoms in total. The number of carboxylic acid groups (broad SMARTS) is 2. The third-order valence-corrected chi connectivity index (χ3v) is 4.57. The summed E-state index contributed by atoms with van der Waals surface area (Å²) >= 11 is 0. The van der Waals surface area contributed by atoms with Crippen molar-refractivity contribution in [2.45, 2.75) is 12.8 Å². The van der Waals surface area contributed by atoms with Gasteiger partial charge >= 0.3 is 11.9 Å². The minimum absolute atomic E-state index is 0.118. The van der Waals surface area contributed by atoms with Crippen LogP contribution in [0.2, 0.25) is 0 Å². The van der Waals surface area contributed by atoms with E-state index < -0.39 is 23.8 Å². The molecule has 0 aliphatic heterocycles. The largest absolute Gasteiger partial charge is 0.481 e. The van der Waals surface area contributed by atoms with E-state index in [4.69, 9.17) is 0 Å². The zero-order chi connectivity index (χ0) is 14.3. The van der Waals surface area contributed by atoms with Gasteiger partial charge in [0.2, 0.25) is 0 Å². The Morgan fingerprint density at radius 1 is 1.05 bits per heavy atom. The minimum Gasteiger partial charge on any atom is -0.481 e. The van der Waals surface area contributed by atoms with Gasteiger partial charge in [-0.3, -0.25) is 9.59 Å². The Morgan fingerprint density at radius 3 is 2.55 bits per heavy atom. The van der Waals surface area contributed by atoms with Crippen LogP contribution in [0.4, 0.5) is 0 Å². The van der Waals surface area contributed by atoms with E-state index in [0.717, 1.165) is 12.0 Å². The van der Waals surface area contributed by atoms with Crippen LogP contribution in [0.15, 0.2) is 47.6 Å². The second kappa shape index (κ2) is 4.78. The Kier molecular flexibility index (Phi) is 3.08. The van der Waals surface area contributed by atoms with Gasteiger partial charge in [0.25, 0.3) is 0 Å². The van der Waals surface area contributed by atoms with Gasteiger partial charge in [-0.15, -0.1) is 0 Å². The number of hydrogen-bond donors (Lipinski definition) is 2. The van der Waals surface area contributed by atoms with Gasteiger partial charge in [0.15, 0.2) is 0 Å². The van der Waals surface area contributed by atoms with Crippen molar-refractivity contribution in [2.75, 3.05) is 0 Å². The van der Waals surface area contributed by atoms with Gasteiger partial charge in [0, 0.05) is 5.92 Å². The molecule has 0 spiro atoms. The predicted molar refractivity (Wildman–Crippen MR) is 72.9 cm³/mol. The van der Waals surface area contributed by atoms with E-state index in [0.29, 0.717) is 6.42 Å². The summed E-state index contributed by atoms with van der Waals surface area (Å²) in [6, 6.07) is 0. The van der Waals surface area contributed by atoms with Crippen molar-refractivity contribution in [3.63, 3.8) is 0 Å². The van der Waals surface area contributed by atoms with E-state index in [9.17, 15) is 19.8 Å².